The minimum Gasteiger partial charge on any atom is -0.389 e. The summed E-state index contributed by atoms with van der Waals surface area (Å²) in [5, 5.41) is 15.6. The quantitative estimate of drug-likeness (QED) is 0.806. The molecular weight excluding hydrogens is 288 g/mol. The summed E-state index contributed by atoms with van der Waals surface area (Å²) in [6.45, 7) is 2.12. The number of benzene rings is 2. The van der Waals surface area contributed by atoms with Gasteiger partial charge in [-0.15, -0.1) is 0 Å². The Morgan fingerprint density at radius 2 is 1.76 bits per heavy atom. The van der Waals surface area contributed by atoms with Crippen LogP contribution in [-0.4, -0.2) is 11.1 Å². The number of rotatable bonds is 4. The van der Waals surface area contributed by atoms with Gasteiger partial charge in [-0.05, 0) is 42.3 Å². The number of aliphatic hydroxyl groups excluding tert-OH is 1. The number of nitrogens with one attached hydrogen (secondary N) is 2. The van der Waals surface area contributed by atoms with Crippen molar-refractivity contribution in [2.45, 2.75) is 19.6 Å². The van der Waals surface area contributed by atoms with Gasteiger partial charge in [-0.3, -0.25) is 0 Å². The Balaban J connectivity index is 1.85. The third kappa shape index (κ3) is 4.77. The van der Waals surface area contributed by atoms with Crippen molar-refractivity contribution in [1.29, 1.82) is 0 Å². The Morgan fingerprint density at radius 3 is 2.33 bits per heavy atom. The highest BCUT2D eigenvalue weighted by atomic mass is 35.5. The molecule has 2 aromatic carbocycles. The van der Waals surface area contributed by atoms with Crippen LogP contribution in [0.2, 0.25) is 5.02 Å². The largest absolute Gasteiger partial charge is 0.389 e. The second-order valence-corrected chi connectivity index (χ2v) is 5.17. The van der Waals surface area contributed by atoms with Gasteiger partial charge in [0.1, 0.15) is 0 Å². The van der Waals surface area contributed by atoms with E-state index < -0.39 is 6.10 Å². The zero-order valence-corrected chi connectivity index (χ0v) is 12.4. The van der Waals surface area contributed by atoms with Gasteiger partial charge >= 0.3 is 6.03 Å². The van der Waals surface area contributed by atoms with Crippen LogP contribution in [0.25, 0.3) is 0 Å². The Morgan fingerprint density at radius 1 is 1.14 bits per heavy atom. The van der Waals surface area contributed by atoms with Crippen molar-refractivity contribution < 1.29 is 9.90 Å². The van der Waals surface area contributed by atoms with Crippen LogP contribution in [0, 0.1) is 0 Å². The van der Waals surface area contributed by atoms with Gasteiger partial charge in [0.25, 0.3) is 0 Å². The fourth-order valence-corrected chi connectivity index (χ4v) is 1.93. The molecule has 2 amide bonds. The van der Waals surface area contributed by atoms with Gasteiger partial charge in [-0.2, -0.15) is 0 Å². The van der Waals surface area contributed by atoms with Gasteiger partial charge < -0.3 is 15.7 Å². The highest BCUT2D eigenvalue weighted by Crippen LogP contribution is 2.15. The molecule has 0 saturated carbocycles. The minimum absolute atomic E-state index is 0.283. The molecule has 0 bridgehead atoms. The molecule has 0 radical (unpaired) electrons. The molecule has 110 valence electrons. The molecule has 0 saturated heterocycles. The van der Waals surface area contributed by atoms with Crippen LogP contribution in [0.15, 0.2) is 48.5 Å². The second kappa shape index (κ2) is 7.11. The van der Waals surface area contributed by atoms with E-state index in [9.17, 15) is 9.90 Å². The highest BCUT2D eigenvalue weighted by Gasteiger charge is 2.04. The van der Waals surface area contributed by atoms with Gasteiger partial charge in [0.15, 0.2) is 0 Å². The lowest BCUT2D eigenvalue weighted by molar-refractivity contribution is 0.199. The molecule has 3 N–H and O–H groups in total. The third-order valence-corrected chi connectivity index (χ3v) is 3.27. The molecule has 1 unspecified atom stereocenters. The summed E-state index contributed by atoms with van der Waals surface area (Å²) in [5.41, 5.74) is 2.45. The van der Waals surface area contributed by atoms with Crippen LogP contribution in [0.3, 0.4) is 0 Å². The monoisotopic (exact) mass is 304 g/mol. The zero-order chi connectivity index (χ0) is 15.2. The van der Waals surface area contributed by atoms with Crippen molar-refractivity contribution in [2.24, 2.45) is 0 Å². The lowest BCUT2D eigenvalue weighted by Crippen LogP contribution is -2.28. The van der Waals surface area contributed by atoms with E-state index in [4.69, 9.17) is 11.6 Å². The molecule has 5 heteroatoms. The molecule has 0 spiro atoms. The first-order chi connectivity index (χ1) is 10.0. The van der Waals surface area contributed by atoms with Gasteiger partial charge in [0, 0.05) is 17.3 Å². The van der Waals surface area contributed by atoms with Gasteiger partial charge in [0.2, 0.25) is 0 Å². The van der Waals surface area contributed by atoms with Crippen LogP contribution < -0.4 is 10.6 Å². The molecule has 0 fully saturated rings. The smallest absolute Gasteiger partial charge is 0.319 e. The van der Waals surface area contributed by atoms with E-state index >= 15 is 0 Å². The summed E-state index contributed by atoms with van der Waals surface area (Å²) in [4.78, 5) is 11.8. The molecule has 0 heterocycles. The third-order valence-electron chi connectivity index (χ3n) is 3.02. The number of hydrogen-bond donors (Lipinski definition) is 3. The minimum atomic E-state index is -0.516. The first-order valence-corrected chi connectivity index (χ1v) is 7.00. The van der Waals surface area contributed by atoms with Gasteiger partial charge in [-0.25, -0.2) is 4.79 Å². The SMILES string of the molecule is CC(O)c1ccc(NC(=O)NCc2ccc(Cl)cc2)cc1. The van der Waals surface area contributed by atoms with E-state index in [1.165, 1.54) is 0 Å². The van der Waals surface area contributed by atoms with Crippen molar-refractivity contribution in [1.82, 2.24) is 5.32 Å². The number of carbonyl (C=O) groups excluding carboxylic acids is 1. The van der Waals surface area contributed by atoms with E-state index in [-0.39, 0.29) is 6.03 Å². The number of urea groups is 1. The Bertz CT molecular complexity index is 595. The maximum absolute atomic E-state index is 11.8. The van der Waals surface area contributed by atoms with Crippen molar-refractivity contribution >= 4 is 23.3 Å². The maximum atomic E-state index is 11.8. The molecule has 4 nitrogen and oxygen atoms in total. The predicted octanol–water partition coefficient (Wildman–Crippen LogP) is 3.72. The first-order valence-electron chi connectivity index (χ1n) is 6.62. The second-order valence-electron chi connectivity index (χ2n) is 4.73. The molecule has 0 aliphatic carbocycles. The van der Waals surface area contributed by atoms with E-state index in [2.05, 4.69) is 10.6 Å². The van der Waals surface area contributed by atoms with Gasteiger partial charge in [0.05, 0.1) is 6.10 Å². The Kier molecular flexibility index (Phi) is 5.20. The highest BCUT2D eigenvalue weighted by molar-refractivity contribution is 6.30. The number of hydrogen-bond acceptors (Lipinski definition) is 2. The van der Waals surface area contributed by atoms with E-state index in [0.29, 0.717) is 17.3 Å². The van der Waals surface area contributed by atoms with E-state index in [1.54, 1.807) is 43.3 Å². The fraction of sp³-hybridized carbons (Fsp3) is 0.188. The maximum Gasteiger partial charge on any atom is 0.319 e. The summed E-state index contributed by atoms with van der Waals surface area (Å²) in [6, 6.07) is 14.1. The van der Waals surface area contributed by atoms with Crippen LogP contribution in [-0.2, 0) is 6.54 Å². The number of carbonyl (C=O) groups is 1. The predicted molar refractivity (Wildman–Crippen MR) is 84.4 cm³/mol. The van der Waals surface area contributed by atoms with Crippen molar-refractivity contribution in [3.63, 3.8) is 0 Å². The Labute approximate surface area is 128 Å². The van der Waals surface area contributed by atoms with Crippen LogP contribution in [0.4, 0.5) is 10.5 Å². The van der Waals surface area contributed by atoms with Crippen molar-refractivity contribution in [3.05, 3.63) is 64.7 Å². The van der Waals surface area contributed by atoms with E-state index in [1.807, 2.05) is 12.1 Å². The molecule has 0 aliphatic rings. The van der Waals surface area contributed by atoms with Crippen LogP contribution in [0.5, 0.6) is 0 Å². The molecule has 0 aliphatic heterocycles. The van der Waals surface area contributed by atoms with Crippen LogP contribution in [0.1, 0.15) is 24.2 Å². The summed E-state index contributed by atoms with van der Waals surface area (Å²) in [6.07, 6.45) is -0.516. The molecule has 0 aromatic heterocycles. The number of halogens is 1. The number of aliphatic hydroxyl groups is 1. The fourth-order valence-electron chi connectivity index (χ4n) is 1.80. The lowest BCUT2D eigenvalue weighted by Gasteiger charge is -2.09. The molecule has 1 atom stereocenters. The topological polar surface area (TPSA) is 61.4 Å². The van der Waals surface area contributed by atoms with E-state index in [0.717, 1.165) is 11.1 Å². The van der Waals surface area contributed by atoms with Crippen molar-refractivity contribution in [3.8, 4) is 0 Å². The summed E-state index contributed by atoms with van der Waals surface area (Å²) >= 11 is 5.80. The molecule has 2 aromatic rings. The van der Waals surface area contributed by atoms with Crippen LogP contribution >= 0.6 is 11.6 Å². The molecular formula is C16H17ClN2O2. The lowest BCUT2D eigenvalue weighted by atomic mass is 10.1. The number of amides is 2. The number of anilines is 1. The average Bonchev–Trinajstić information content (AvgIpc) is 2.47. The molecule has 2 rings (SSSR count). The summed E-state index contributed by atoms with van der Waals surface area (Å²) in [5.74, 6) is 0. The van der Waals surface area contributed by atoms with Gasteiger partial charge in [-0.1, -0.05) is 35.9 Å². The summed E-state index contributed by atoms with van der Waals surface area (Å²) in [7, 11) is 0. The Hall–Kier alpha value is -2.04. The standard InChI is InChI=1S/C16H17ClN2O2/c1-11(20)13-4-8-15(9-5-13)19-16(21)18-10-12-2-6-14(17)7-3-12/h2-9,11,20H,10H2,1H3,(H2,18,19,21). The normalized spacial score (nSPS) is 11.8. The average molecular weight is 305 g/mol. The van der Waals surface area contributed by atoms with Crippen molar-refractivity contribution in [2.75, 3.05) is 5.32 Å². The summed E-state index contributed by atoms with van der Waals surface area (Å²) < 4.78 is 0. The molecule has 21 heavy (non-hydrogen) atoms. The zero-order valence-electron chi connectivity index (χ0n) is 11.6. The first kappa shape index (κ1) is 15.4.